The molecular formula is C17H17ClN2O3S. The van der Waals surface area contributed by atoms with E-state index in [0.717, 1.165) is 12.8 Å². The number of rotatable bonds is 6. The summed E-state index contributed by atoms with van der Waals surface area (Å²) in [6.45, 7) is 0.622. The number of carbonyl (C=O) groups is 1. The van der Waals surface area contributed by atoms with Crippen LogP contribution in [0.2, 0.25) is 5.02 Å². The lowest BCUT2D eigenvalue weighted by molar-refractivity contribution is 0.0952. The maximum Gasteiger partial charge on any atom is 0.261 e. The van der Waals surface area contributed by atoms with Crippen molar-refractivity contribution < 1.29 is 13.2 Å². The highest BCUT2D eigenvalue weighted by molar-refractivity contribution is 7.92. The summed E-state index contributed by atoms with van der Waals surface area (Å²) < 4.78 is 27.4. The monoisotopic (exact) mass is 364 g/mol. The molecule has 0 radical (unpaired) electrons. The largest absolute Gasteiger partial charge is 0.352 e. The second kappa shape index (κ2) is 6.83. The second-order valence-electron chi connectivity index (χ2n) is 5.76. The summed E-state index contributed by atoms with van der Waals surface area (Å²) in [7, 11) is -3.79. The van der Waals surface area contributed by atoms with Crippen LogP contribution in [0.4, 0.5) is 5.69 Å². The van der Waals surface area contributed by atoms with Crippen LogP contribution in [-0.4, -0.2) is 20.9 Å². The maximum atomic E-state index is 12.5. The van der Waals surface area contributed by atoms with Crippen molar-refractivity contribution in [1.82, 2.24) is 5.32 Å². The van der Waals surface area contributed by atoms with Crippen LogP contribution in [0.1, 0.15) is 23.2 Å². The van der Waals surface area contributed by atoms with E-state index in [0.29, 0.717) is 23.0 Å². The lowest BCUT2D eigenvalue weighted by Gasteiger charge is -2.12. The van der Waals surface area contributed by atoms with Crippen LogP contribution in [0.15, 0.2) is 53.4 Å². The molecule has 1 amide bonds. The van der Waals surface area contributed by atoms with Crippen LogP contribution < -0.4 is 10.0 Å². The van der Waals surface area contributed by atoms with Gasteiger partial charge in [-0.05, 0) is 55.2 Å². The summed E-state index contributed by atoms with van der Waals surface area (Å²) in [5.41, 5.74) is 0.552. The van der Waals surface area contributed by atoms with Gasteiger partial charge in [0.1, 0.15) is 0 Å². The number of nitrogens with one attached hydrogen (secondary N) is 2. The highest BCUT2D eigenvalue weighted by Gasteiger charge is 2.23. The van der Waals surface area contributed by atoms with Crippen molar-refractivity contribution in [2.75, 3.05) is 11.3 Å². The van der Waals surface area contributed by atoms with Crippen molar-refractivity contribution in [2.45, 2.75) is 17.7 Å². The fourth-order valence-corrected chi connectivity index (χ4v) is 3.45. The molecule has 126 valence electrons. The normalized spacial score (nSPS) is 14.2. The first-order chi connectivity index (χ1) is 11.5. The van der Waals surface area contributed by atoms with Crippen molar-refractivity contribution in [1.29, 1.82) is 0 Å². The lowest BCUT2D eigenvalue weighted by Crippen LogP contribution is -2.27. The molecule has 1 fully saturated rings. The van der Waals surface area contributed by atoms with E-state index in [1.165, 1.54) is 24.3 Å². The molecule has 2 aromatic carbocycles. The molecule has 1 aliphatic rings. The molecule has 3 rings (SSSR count). The molecule has 2 N–H and O–H groups in total. The molecule has 0 bridgehead atoms. The minimum absolute atomic E-state index is 0.0834. The summed E-state index contributed by atoms with van der Waals surface area (Å²) in [5, 5.41) is 3.30. The third kappa shape index (κ3) is 4.07. The number of benzene rings is 2. The van der Waals surface area contributed by atoms with Crippen LogP contribution in [0.5, 0.6) is 0 Å². The Labute approximate surface area is 146 Å². The Balaban J connectivity index is 1.81. The van der Waals surface area contributed by atoms with Crippen LogP contribution in [-0.2, 0) is 10.0 Å². The second-order valence-corrected chi connectivity index (χ2v) is 7.88. The molecule has 0 aromatic heterocycles. The fraction of sp³-hybridized carbons (Fsp3) is 0.235. The Morgan fingerprint density at radius 2 is 1.75 bits per heavy atom. The van der Waals surface area contributed by atoms with Gasteiger partial charge in [0.05, 0.1) is 16.1 Å². The van der Waals surface area contributed by atoms with Gasteiger partial charge in [0.15, 0.2) is 0 Å². The third-order valence-corrected chi connectivity index (χ3v) is 5.42. The molecule has 5 nitrogen and oxygen atoms in total. The molecule has 24 heavy (non-hydrogen) atoms. The molecule has 0 atom stereocenters. The van der Waals surface area contributed by atoms with E-state index >= 15 is 0 Å². The van der Waals surface area contributed by atoms with Crippen molar-refractivity contribution in [3.63, 3.8) is 0 Å². The van der Waals surface area contributed by atoms with E-state index < -0.39 is 10.0 Å². The van der Waals surface area contributed by atoms with Crippen LogP contribution in [0.25, 0.3) is 0 Å². The zero-order valence-electron chi connectivity index (χ0n) is 12.8. The average Bonchev–Trinajstić information content (AvgIpc) is 3.37. The standard InChI is InChI=1S/C17H17ClN2O3S/c18-13-7-9-14(10-8-13)24(22,23)20-16-4-2-1-3-15(16)17(21)19-11-12-5-6-12/h1-4,7-10,12,20H,5-6,11H2,(H,19,21). The number of para-hydroxylation sites is 1. The number of anilines is 1. The van der Waals surface area contributed by atoms with Gasteiger partial charge in [0.2, 0.25) is 0 Å². The Bertz CT molecular complexity index is 846. The molecule has 0 aliphatic heterocycles. The summed E-state index contributed by atoms with van der Waals surface area (Å²) in [5.74, 6) is 0.267. The van der Waals surface area contributed by atoms with E-state index in [1.807, 2.05) is 0 Å². The van der Waals surface area contributed by atoms with Crippen LogP contribution in [0, 0.1) is 5.92 Å². The van der Waals surface area contributed by atoms with E-state index in [4.69, 9.17) is 11.6 Å². The number of hydrogen-bond donors (Lipinski definition) is 2. The van der Waals surface area contributed by atoms with Crippen LogP contribution in [0.3, 0.4) is 0 Å². The van der Waals surface area contributed by atoms with Crippen molar-refractivity contribution in [2.24, 2.45) is 5.92 Å². The van der Waals surface area contributed by atoms with Crippen LogP contribution >= 0.6 is 11.6 Å². The molecular weight excluding hydrogens is 348 g/mol. The minimum atomic E-state index is -3.79. The lowest BCUT2D eigenvalue weighted by atomic mass is 10.1. The van der Waals surface area contributed by atoms with Gasteiger partial charge in [-0.25, -0.2) is 8.42 Å². The third-order valence-electron chi connectivity index (χ3n) is 3.79. The molecule has 2 aromatic rings. The van der Waals surface area contributed by atoms with Crippen molar-refractivity contribution in [3.8, 4) is 0 Å². The fourth-order valence-electron chi connectivity index (χ4n) is 2.24. The van der Waals surface area contributed by atoms with Gasteiger partial charge in [-0.1, -0.05) is 23.7 Å². The maximum absolute atomic E-state index is 12.5. The highest BCUT2D eigenvalue weighted by Crippen LogP contribution is 2.28. The van der Waals surface area contributed by atoms with Gasteiger partial charge < -0.3 is 5.32 Å². The topological polar surface area (TPSA) is 75.3 Å². The summed E-state index contributed by atoms with van der Waals surface area (Å²) in [6, 6.07) is 12.4. The Kier molecular flexibility index (Phi) is 4.78. The number of carbonyl (C=O) groups excluding carboxylic acids is 1. The number of hydrogen-bond acceptors (Lipinski definition) is 3. The van der Waals surface area contributed by atoms with E-state index in [1.54, 1.807) is 24.3 Å². The van der Waals surface area contributed by atoms with Crippen molar-refractivity contribution in [3.05, 3.63) is 59.1 Å². The first-order valence-electron chi connectivity index (χ1n) is 7.61. The molecule has 0 saturated heterocycles. The zero-order chi connectivity index (χ0) is 17.2. The summed E-state index contributed by atoms with van der Waals surface area (Å²) >= 11 is 5.79. The van der Waals surface area contributed by atoms with Gasteiger partial charge in [0, 0.05) is 11.6 Å². The number of halogens is 1. The van der Waals surface area contributed by atoms with Gasteiger partial charge >= 0.3 is 0 Å². The average molecular weight is 365 g/mol. The predicted octanol–water partition coefficient (Wildman–Crippen LogP) is 3.28. The number of amides is 1. The first kappa shape index (κ1) is 16.8. The Morgan fingerprint density at radius 3 is 2.42 bits per heavy atom. The summed E-state index contributed by atoms with van der Waals surface area (Å²) in [4.78, 5) is 12.4. The molecule has 1 aliphatic carbocycles. The smallest absolute Gasteiger partial charge is 0.261 e. The quantitative estimate of drug-likeness (QED) is 0.825. The van der Waals surface area contributed by atoms with E-state index in [-0.39, 0.29) is 16.5 Å². The molecule has 0 unspecified atom stereocenters. The molecule has 1 saturated carbocycles. The number of sulfonamides is 1. The van der Waals surface area contributed by atoms with E-state index in [9.17, 15) is 13.2 Å². The summed E-state index contributed by atoms with van der Waals surface area (Å²) in [6.07, 6.45) is 2.26. The van der Waals surface area contributed by atoms with E-state index in [2.05, 4.69) is 10.0 Å². The molecule has 7 heteroatoms. The van der Waals surface area contributed by atoms with Gasteiger partial charge in [0.25, 0.3) is 15.9 Å². The zero-order valence-corrected chi connectivity index (χ0v) is 14.4. The van der Waals surface area contributed by atoms with Gasteiger partial charge in [-0.15, -0.1) is 0 Å². The highest BCUT2D eigenvalue weighted by atomic mass is 35.5. The molecule has 0 spiro atoms. The molecule has 0 heterocycles. The first-order valence-corrected chi connectivity index (χ1v) is 9.47. The SMILES string of the molecule is O=C(NCC1CC1)c1ccccc1NS(=O)(=O)c1ccc(Cl)cc1. The van der Waals surface area contributed by atoms with Crippen molar-refractivity contribution >= 4 is 33.2 Å². The van der Waals surface area contributed by atoms with Gasteiger partial charge in [-0.2, -0.15) is 0 Å². The minimum Gasteiger partial charge on any atom is -0.352 e. The Hall–Kier alpha value is -2.05. The van der Waals surface area contributed by atoms with Gasteiger partial charge in [-0.3, -0.25) is 9.52 Å². The predicted molar refractivity (Wildman–Crippen MR) is 93.8 cm³/mol. The Morgan fingerprint density at radius 1 is 1.08 bits per heavy atom.